The molecule has 0 atom stereocenters. The zero-order valence-corrected chi connectivity index (χ0v) is 20.6. The van der Waals surface area contributed by atoms with E-state index in [2.05, 4.69) is 10.3 Å². The Kier molecular flexibility index (Phi) is 7.30. The molecule has 4 aromatic rings. The fourth-order valence-electron chi connectivity index (χ4n) is 4.00. The molecule has 38 heavy (non-hydrogen) atoms. The van der Waals surface area contributed by atoms with E-state index in [-0.39, 0.29) is 31.3 Å². The molecule has 0 unspecified atom stereocenters. The predicted octanol–water partition coefficient (Wildman–Crippen LogP) is 6.48. The number of fused-ring (bicyclic) bond motifs is 1. The van der Waals surface area contributed by atoms with E-state index in [1.54, 1.807) is 23.6 Å². The summed E-state index contributed by atoms with van der Waals surface area (Å²) in [5, 5.41) is 4.65. The fourth-order valence-corrected chi connectivity index (χ4v) is 4.81. The quantitative estimate of drug-likeness (QED) is 0.258. The average molecular weight is 544 g/mol. The lowest BCUT2D eigenvalue weighted by atomic mass is 10.1. The number of benzene rings is 3. The van der Waals surface area contributed by atoms with E-state index in [4.69, 9.17) is 9.47 Å². The number of rotatable bonds is 8. The van der Waals surface area contributed by atoms with Crippen LogP contribution in [0.25, 0.3) is 0 Å². The lowest BCUT2D eigenvalue weighted by Gasteiger charge is -2.22. The van der Waals surface area contributed by atoms with Gasteiger partial charge in [-0.25, -0.2) is 9.37 Å². The Hall–Kier alpha value is -3.96. The highest BCUT2D eigenvalue weighted by Crippen LogP contribution is 2.34. The number of aromatic nitrogens is 1. The van der Waals surface area contributed by atoms with Crippen molar-refractivity contribution < 1.29 is 31.8 Å². The van der Waals surface area contributed by atoms with Crippen LogP contribution < -0.4 is 14.8 Å². The fraction of sp³-hybridized carbons (Fsp3) is 0.185. The number of carbonyl (C=O) groups excluding carboxylic acids is 1. The topological polar surface area (TPSA) is 63.7 Å². The zero-order valence-electron chi connectivity index (χ0n) is 19.8. The number of alkyl halides is 3. The molecule has 0 saturated carbocycles. The van der Waals surface area contributed by atoms with Gasteiger partial charge in [0.05, 0.1) is 17.8 Å². The molecule has 1 amide bonds. The Balaban J connectivity index is 1.35. The Labute approximate surface area is 219 Å². The number of amides is 1. The van der Waals surface area contributed by atoms with Crippen molar-refractivity contribution in [3.8, 4) is 11.5 Å². The summed E-state index contributed by atoms with van der Waals surface area (Å²) < 4.78 is 64.6. The molecule has 1 aliphatic heterocycles. The van der Waals surface area contributed by atoms with E-state index < -0.39 is 23.5 Å². The van der Waals surface area contributed by atoms with E-state index in [9.17, 15) is 22.4 Å². The van der Waals surface area contributed by atoms with Crippen LogP contribution in [0.3, 0.4) is 0 Å². The van der Waals surface area contributed by atoms with Crippen LogP contribution in [0.4, 0.5) is 23.2 Å². The van der Waals surface area contributed by atoms with E-state index in [1.165, 1.54) is 35.6 Å². The highest BCUT2D eigenvalue weighted by molar-refractivity contribution is 7.09. The van der Waals surface area contributed by atoms with Crippen molar-refractivity contribution in [1.29, 1.82) is 0 Å². The molecule has 1 aliphatic rings. The maximum absolute atomic E-state index is 13.9. The van der Waals surface area contributed by atoms with E-state index in [0.29, 0.717) is 28.6 Å². The normalized spacial score (nSPS) is 12.7. The summed E-state index contributed by atoms with van der Waals surface area (Å²) in [7, 11) is 0. The van der Waals surface area contributed by atoms with Gasteiger partial charge in [0.25, 0.3) is 5.91 Å². The van der Waals surface area contributed by atoms with Crippen molar-refractivity contribution in [3.63, 3.8) is 0 Å². The molecule has 0 saturated heterocycles. The number of anilines is 1. The van der Waals surface area contributed by atoms with Gasteiger partial charge in [-0.15, -0.1) is 11.3 Å². The monoisotopic (exact) mass is 543 g/mol. The highest BCUT2D eigenvalue weighted by atomic mass is 32.1. The molecular formula is C27H21F4N3O3S. The third-order valence-corrected chi connectivity index (χ3v) is 6.60. The van der Waals surface area contributed by atoms with Gasteiger partial charge in [-0.1, -0.05) is 36.4 Å². The van der Waals surface area contributed by atoms with Crippen LogP contribution in [0, 0.1) is 5.82 Å². The second kappa shape index (κ2) is 10.8. The van der Waals surface area contributed by atoms with Gasteiger partial charge in [0.1, 0.15) is 16.5 Å². The zero-order chi connectivity index (χ0) is 26.7. The van der Waals surface area contributed by atoms with Crippen LogP contribution in [0.1, 0.15) is 32.2 Å². The lowest BCUT2D eigenvalue weighted by molar-refractivity contribution is -0.137. The van der Waals surface area contributed by atoms with Crippen molar-refractivity contribution in [2.45, 2.75) is 25.8 Å². The van der Waals surface area contributed by atoms with Gasteiger partial charge in [0, 0.05) is 18.5 Å². The smallest absolute Gasteiger partial charge is 0.416 e. The Bertz CT molecular complexity index is 1460. The maximum atomic E-state index is 13.9. The van der Waals surface area contributed by atoms with Crippen molar-refractivity contribution in [3.05, 3.63) is 105 Å². The first kappa shape index (κ1) is 25.7. The first-order valence-electron chi connectivity index (χ1n) is 11.5. The number of ether oxygens (including phenoxy) is 2. The Morgan fingerprint density at radius 1 is 0.947 bits per heavy atom. The van der Waals surface area contributed by atoms with Crippen LogP contribution in [0.15, 0.2) is 72.1 Å². The first-order chi connectivity index (χ1) is 18.2. The van der Waals surface area contributed by atoms with Crippen molar-refractivity contribution in [1.82, 2.24) is 9.88 Å². The SMILES string of the molecule is O=C(Nc1ccccc1F)c1csc(CN(Cc2cccc(C(F)(F)F)c2)Cc2ccc3c(c2)OCO3)n1. The summed E-state index contributed by atoms with van der Waals surface area (Å²) in [6, 6.07) is 16.5. The van der Waals surface area contributed by atoms with Gasteiger partial charge in [-0.05, 0) is 41.5 Å². The van der Waals surface area contributed by atoms with Crippen molar-refractivity contribution >= 4 is 22.9 Å². The molecule has 0 radical (unpaired) electrons. The minimum Gasteiger partial charge on any atom is -0.454 e. The van der Waals surface area contributed by atoms with E-state index in [0.717, 1.165) is 17.7 Å². The molecule has 0 bridgehead atoms. The van der Waals surface area contributed by atoms with Gasteiger partial charge in [0.2, 0.25) is 6.79 Å². The number of para-hydroxylation sites is 1. The molecule has 0 fully saturated rings. The number of hydrogen-bond acceptors (Lipinski definition) is 6. The minimum absolute atomic E-state index is 0.0426. The molecule has 1 N–H and O–H groups in total. The highest BCUT2D eigenvalue weighted by Gasteiger charge is 2.30. The Morgan fingerprint density at radius 3 is 2.50 bits per heavy atom. The summed E-state index contributed by atoms with van der Waals surface area (Å²) in [5.74, 6) is 0.108. The molecule has 0 aliphatic carbocycles. The average Bonchev–Trinajstić information content (AvgIpc) is 3.54. The largest absolute Gasteiger partial charge is 0.454 e. The van der Waals surface area contributed by atoms with Gasteiger partial charge in [-0.3, -0.25) is 9.69 Å². The number of nitrogens with one attached hydrogen (secondary N) is 1. The second-order valence-electron chi connectivity index (χ2n) is 8.59. The van der Waals surface area contributed by atoms with Gasteiger partial charge in [-0.2, -0.15) is 13.2 Å². The standard InChI is InChI=1S/C27H21F4N3O3S/c28-20-6-1-2-7-21(20)33-26(35)22-15-38-25(32-22)14-34(12-17-4-3-5-19(10-17)27(29,30)31)13-18-8-9-23-24(11-18)37-16-36-23/h1-11,15H,12-14,16H2,(H,33,35). The molecule has 11 heteroatoms. The van der Waals surface area contributed by atoms with E-state index in [1.807, 2.05) is 17.0 Å². The maximum Gasteiger partial charge on any atom is 0.416 e. The lowest BCUT2D eigenvalue weighted by Crippen LogP contribution is -2.23. The molecule has 196 valence electrons. The predicted molar refractivity (Wildman–Crippen MR) is 133 cm³/mol. The number of hydrogen-bond donors (Lipinski definition) is 1. The number of nitrogens with zero attached hydrogens (tertiary/aromatic N) is 2. The minimum atomic E-state index is -4.45. The van der Waals surface area contributed by atoms with E-state index >= 15 is 0 Å². The van der Waals surface area contributed by atoms with Gasteiger partial charge in [0.15, 0.2) is 11.5 Å². The Morgan fingerprint density at radius 2 is 1.71 bits per heavy atom. The summed E-state index contributed by atoms with van der Waals surface area (Å²) in [5.41, 5.74) is 0.792. The van der Waals surface area contributed by atoms with Crippen LogP contribution in [-0.2, 0) is 25.8 Å². The van der Waals surface area contributed by atoms with Crippen LogP contribution in [0.5, 0.6) is 11.5 Å². The van der Waals surface area contributed by atoms with Gasteiger partial charge >= 0.3 is 6.18 Å². The van der Waals surface area contributed by atoms with Crippen LogP contribution in [0.2, 0.25) is 0 Å². The number of halogens is 4. The molecule has 3 aromatic carbocycles. The summed E-state index contributed by atoms with van der Waals surface area (Å²) >= 11 is 1.24. The molecule has 2 heterocycles. The molecule has 1 aromatic heterocycles. The molecular weight excluding hydrogens is 522 g/mol. The third-order valence-electron chi connectivity index (χ3n) is 5.77. The first-order valence-corrected chi connectivity index (χ1v) is 12.4. The van der Waals surface area contributed by atoms with Gasteiger partial charge < -0.3 is 14.8 Å². The van der Waals surface area contributed by atoms with Crippen LogP contribution in [-0.4, -0.2) is 22.6 Å². The summed E-state index contributed by atoms with van der Waals surface area (Å²) in [6.45, 7) is 0.976. The van der Waals surface area contributed by atoms with Crippen LogP contribution >= 0.6 is 11.3 Å². The summed E-state index contributed by atoms with van der Waals surface area (Å²) in [4.78, 5) is 18.9. The van der Waals surface area contributed by atoms with Crippen molar-refractivity contribution in [2.75, 3.05) is 12.1 Å². The molecule has 5 rings (SSSR count). The number of thiazole rings is 1. The second-order valence-corrected chi connectivity index (χ2v) is 9.53. The summed E-state index contributed by atoms with van der Waals surface area (Å²) in [6.07, 6.45) is -4.45. The third kappa shape index (κ3) is 6.12. The molecule has 6 nitrogen and oxygen atoms in total. The molecule has 0 spiro atoms. The number of carbonyl (C=O) groups is 1. The van der Waals surface area contributed by atoms with Crippen molar-refractivity contribution in [2.24, 2.45) is 0 Å².